The standard InChI is InChI=1S/C46H36N4O12P2/c51-35-21-22-36(52)48-40(26-12-2-6-16-30(26)44(57)58)63(39(47(35)48)25-11-1-5-15-29(25)43(55)56)33-19-9-10-20-34(33)64-41(27-13-3-7-17-31(27)45(59)60)49-37(53)23-24-38(54)50(49)42(64)28-14-4-8-18-32(28)46(61)62/h1-20,39-42H,21-24H2,(H,55,56)(H,57,58)(H,59,60)(H,61,62)/p-4/t39-,40-,41-,42-/m0/s1. The van der Waals surface area contributed by atoms with E-state index in [1.54, 1.807) is 48.5 Å². The highest BCUT2D eigenvalue weighted by Gasteiger charge is 2.60. The van der Waals surface area contributed by atoms with Crippen LogP contribution in [0.4, 0.5) is 0 Å². The van der Waals surface area contributed by atoms with Gasteiger partial charge in [-0.2, -0.15) is 0 Å². The lowest BCUT2D eigenvalue weighted by atomic mass is 10.1. The summed E-state index contributed by atoms with van der Waals surface area (Å²) in [6.45, 7) is 0. The molecule has 0 unspecified atom stereocenters. The van der Waals surface area contributed by atoms with Crippen LogP contribution < -0.4 is 31.0 Å². The highest BCUT2D eigenvalue weighted by Crippen LogP contribution is 2.74. The van der Waals surface area contributed by atoms with Crippen molar-refractivity contribution in [3.63, 3.8) is 0 Å². The molecule has 18 heteroatoms. The van der Waals surface area contributed by atoms with Crippen LogP contribution in [0.25, 0.3) is 0 Å². The molecule has 4 atom stereocenters. The topological polar surface area (TPSA) is 242 Å². The molecule has 0 saturated carbocycles. The van der Waals surface area contributed by atoms with Gasteiger partial charge in [0.15, 0.2) is 0 Å². The van der Waals surface area contributed by atoms with Gasteiger partial charge in [0, 0.05) is 47.9 Å². The number of fused-ring (bicyclic) bond motifs is 2. The Bertz CT molecular complexity index is 2500. The molecule has 9 rings (SSSR count). The summed E-state index contributed by atoms with van der Waals surface area (Å²) in [6.07, 6.45) is -1.04. The Kier molecular flexibility index (Phi) is 10.8. The van der Waals surface area contributed by atoms with Crippen molar-refractivity contribution in [3.8, 4) is 0 Å². The van der Waals surface area contributed by atoms with E-state index in [0.29, 0.717) is 10.6 Å². The predicted molar refractivity (Wildman–Crippen MR) is 219 cm³/mol. The highest BCUT2D eigenvalue weighted by atomic mass is 31.1. The normalized spacial score (nSPS) is 21.2. The number of amides is 4. The maximum atomic E-state index is 14.4. The van der Waals surface area contributed by atoms with Gasteiger partial charge in [0.25, 0.3) is 0 Å². The Morgan fingerprint density at radius 2 is 0.562 bits per heavy atom. The van der Waals surface area contributed by atoms with Crippen LogP contribution in [-0.2, 0) is 19.2 Å². The first kappa shape index (κ1) is 42.0. The van der Waals surface area contributed by atoms with Gasteiger partial charge in [-0.05, 0) is 48.7 Å². The molecule has 64 heavy (non-hydrogen) atoms. The van der Waals surface area contributed by atoms with E-state index in [2.05, 4.69) is 0 Å². The Morgan fingerprint density at radius 1 is 0.359 bits per heavy atom. The van der Waals surface area contributed by atoms with E-state index in [0.717, 1.165) is 0 Å². The third kappa shape index (κ3) is 6.68. The van der Waals surface area contributed by atoms with Crippen molar-refractivity contribution >= 4 is 74.0 Å². The van der Waals surface area contributed by atoms with Gasteiger partial charge in [-0.1, -0.05) is 121 Å². The molecular formula is C46H32N4O12P2-4. The molecule has 16 nitrogen and oxygen atoms in total. The maximum absolute atomic E-state index is 14.4. The molecule has 4 heterocycles. The first-order valence-electron chi connectivity index (χ1n) is 20.0. The molecule has 4 aliphatic heterocycles. The number of hydrazine groups is 2. The molecule has 4 fully saturated rings. The van der Waals surface area contributed by atoms with Gasteiger partial charge in [-0.3, -0.25) is 19.2 Å². The Balaban J connectivity index is 1.41. The Labute approximate surface area is 366 Å². The van der Waals surface area contributed by atoms with Crippen molar-refractivity contribution in [3.05, 3.63) is 166 Å². The molecule has 0 spiro atoms. The summed E-state index contributed by atoms with van der Waals surface area (Å²) in [4.78, 5) is 109. The third-order valence-corrected chi connectivity index (χ3v) is 18.0. The van der Waals surface area contributed by atoms with Crippen molar-refractivity contribution in [2.24, 2.45) is 0 Å². The van der Waals surface area contributed by atoms with Gasteiger partial charge in [0.1, 0.15) is 23.1 Å². The van der Waals surface area contributed by atoms with Gasteiger partial charge in [-0.25, -0.2) is 20.0 Å². The first-order chi connectivity index (χ1) is 30.8. The van der Waals surface area contributed by atoms with Gasteiger partial charge < -0.3 is 39.6 Å². The number of hydrogen-bond donors (Lipinski definition) is 0. The molecule has 0 aromatic heterocycles. The van der Waals surface area contributed by atoms with Gasteiger partial charge in [0.2, 0.25) is 23.6 Å². The number of rotatable bonds is 10. The van der Waals surface area contributed by atoms with E-state index in [9.17, 15) is 58.8 Å². The molecule has 4 amide bonds. The van der Waals surface area contributed by atoms with Crippen LogP contribution in [0.5, 0.6) is 0 Å². The summed E-state index contributed by atoms with van der Waals surface area (Å²) in [7, 11) is -4.64. The summed E-state index contributed by atoms with van der Waals surface area (Å²) >= 11 is 0. The fourth-order valence-electron chi connectivity index (χ4n) is 9.31. The van der Waals surface area contributed by atoms with Crippen LogP contribution in [0.1, 0.15) is 113 Å². The largest absolute Gasteiger partial charge is 0.545 e. The van der Waals surface area contributed by atoms with Crippen LogP contribution in [0, 0.1) is 0 Å². The van der Waals surface area contributed by atoms with Crippen molar-refractivity contribution in [1.29, 1.82) is 0 Å². The number of carbonyl (C=O) groups is 8. The van der Waals surface area contributed by atoms with Crippen LogP contribution >= 0.6 is 15.8 Å². The second-order valence-corrected chi connectivity index (χ2v) is 19.8. The molecule has 5 aromatic carbocycles. The summed E-state index contributed by atoms with van der Waals surface area (Å²) in [6, 6.07) is 29.7. The quantitative estimate of drug-likeness (QED) is 0.178. The van der Waals surface area contributed by atoms with E-state index >= 15 is 0 Å². The minimum absolute atomic E-state index is 0.0633. The smallest absolute Gasteiger partial charge is 0.242 e. The Morgan fingerprint density at radius 3 is 0.781 bits per heavy atom. The zero-order chi connectivity index (χ0) is 45.1. The predicted octanol–water partition coefficient (Wildman–Crippen LogP) is 0.909. The van der Waals surface area contributed by atoms with Crippen LogP contribution in [-0.4, -0.2) is 67.5 Å². The number of carbonyl (C=O) groups excluding carboxylic acids is 8. The molecule has 4 aliphatic rings. The fourth-order valence-corrected chi connectivity index (χ4v) is 16.8. The lowest BCUT2D eigenvalue weighted by molar-refractivity contribution is -0.256. The van der Waals surface area contributed by atoms with Gasteiger partial charge in [-0.15, -0.1) is 0 Å². The van der Waals surface area contributed by atoms with E-state index in [1.165, 1.54) is 92.8 Å². The van der Waals surface area contributed by atoms with Crippen LogP contribution in [0.15, 0.2) is 121 Å². The van der Waals surface area contributed by atoms with E-state index in [-0.39, 0.29) is 70.2 Å². The lowest BCUT2D eigenvalue weighted by Crippen LogP contribution is -2.50. The lowest BCUT2D eigenvalue weighted by Gasteiger charge is -2.38. The van der Waals surface area contributed by atoms with Gasteiger partial charge >= 0.3 is 0 Å². The summed E-state index contributed by atoms with van der Waals surface area (Å²) < 4.78 is 0. The van der Waals surface area contributed by atoms with E-state index in [4.69, 9.17) is 0 Å². The second-order valence-electron chi connectivity index (χ2n) is 15.2. The van der Waals surface area contributed by atoms with E-state index in [1.807, 2.05) is 0 Å². The number of aromatic carboxylic acids is 4. The molecule has 4 saturated heterocycles. The monoisotopic (exact) mass is 894 g/mol. The van der Waals surface area contributed by atoms with Crippen molar-refractivity contribution in [2.75, 3.05) is 0 Å². The average Bonchev–Trinajstić information content (AvgIpc) is 3.85. The van der Waals surface area contributed by atoms with E-state index < -0.39 is 86.5 Å². The van der Waals surface area contributed by atoms with Crippen molar-refractivity contribution in [2.45, 2.75) is 48.8 Å². The number of hydrogen-bond acceptors (Lipinski definition) is 12. The summed E-state index contributed by atoms with van der Waals surface area (Å²) in [5.41, 5.74) is -1.01. The fraction of sp³-hybridized carbons (Fsp3) is 0.174. The third-order valence-electron chi connectivity index (χ3n) is 11.8. The molecule has 0 bridgehead atoms. The molecule has 0 N–H and O–H groups in total. The SMILES string of the molecule is O=C([O-])c1ccccc1[C@H]1N2C(=O)CCC(=O)N2[C@H](c2ccccc2C(=O)[O-])P1c1ccccc1P1[C@@H](c2ccccc2C(=O)[O-])N2C(=O)CCC(=O)N2[C@@H]1c1ccccc1C(=O)[O-]. The average molecular weight is 895 g/mol. The molecular weight excluding hydrogens is 862 g/mol. The van der Waals surface area contributed by atoms with Gasteiger partial charge in [0.05, 0.1) is 23.9 Å². The number of carboxylic acids is 4. The number of benzene rings is 5. The first-order valence-corrected chi connectivity index (χ1v) is 22.9. The minimum atomic E-state index is -2.32. The number of nitrogens with zero attached hydrogens (tertiary/aromatic N) is 4. The van der Waals surface area contributed by atoms with Crippen molar-refractivity contribution < 1.29 is 58.8 Å². The minimum Gasteiger partial charge on any atom is -0.545 e. The summed E-state index contributed by atoms with van der Waals surface area (Å²) in [5.74, 6) is -13.8. The van der Waals surface area contributed by atoms with Crippen molar-refractivity contribution in [1.82, 2.24) is 20.0 Å². The molecule has 0 aliphatic carbocycles. The zero-order valence-electron chi connectivity index (χ0n) is 33.3. The molecule has 0 radical (unpaired) electrons. The van der Waals surface area contributed by atoms with Crippen LogP contribution in [0.2, 0.25) is 0 Å². The zero-order valence-corrected chi connectivity index (χ0v) is 35.1. The summed E-state index contributed by atoms with van der Waals surface area (Å²) in [5, 5.41) is 57.1. The highest BCUT2D eigenvalue weighted by molar-refractivity contribution is 7.73. The molecule has 5 aromatic rings. The maximum Gasteiger partial charge on any atom is 0.242 e. The second kappa shape index (κ2) is 16.4. The Hall–Kier alpha value is -7.28. The number of carboxylic acid groups (broad SMARTS) is 4. The van der Waals surface area contributed by atoms with Crippen LogP contribution in [0.3, 0.4) is 0 Å². The molecule has 322 valence electrons.